The first kappa shape index (κ1) is 13.0. The van der Waals surface area contributed by atoms with Gasteiger partial charge in [-0.2, -0.15) is 0 Å². The molecule has 2 rings (SSSR count). The molecule has 18 heavy (non-hydrogen) atoms. The van der Waals surface area contributed by atoms with Crippen molar-refractivity contribution in [2.45, 2.75) is 25.1 Å². The summed E-state index contributed by atoms with van der Waals surface area (Å²) in [5, 5.41) is 9.26. The summed E-state index contributed by atoms with van der Waals surface area (Å²) in [5.74, 6) is -0.601. The summed E-state index contributed by atoms with van der Waals surface area (Å²) in [5.41, 5.74) is 0.466. The third kappa shape index (κ3) is 3.29. The Morgan fingerprint density at radius 3 is 2.50 bits per heavy atom. The van der Waals surface area contributed by atoms with Crippen LogP contribution in [0.4, 0.5) is 13.2 Å². The molecule has 0 bridgehead atoms. The Kier molecular flexibility index (Phi) is 3.65. The fourth-order valence-electron chi connectivity index (χ4n) is 2.08. The lowest BCUT2D eigenvalue weighted by atomic mass is 9.91. The summed E-state index contributed by atoms with van der Waals surface area (Å²) in [6.07, 6.45) is -3.45. The predicted molar refractivity (Wildman–Crippen MR) is 57.6 cm³/mol. The van der Waals surface area contributed by atoms with Gasteiger partial charge in [-0.3, -0.25) is 0 Å². The first-order valence-corrected chi connectivity index (χ1v) is 5.62. The molecule has 0 aliphatic carbocycles. The van der Waals surface area contributed by atoms with Crippen LogP contribution in [0.3, 0.4) is 0 Å². The molecule has 0 atom stereocenters. The van der Waals surface area contributed by atoms with E-state index in [0.29, 0.717) is 31.6 Å². The van der Waals surface area contributed by atoms with Gasteiger partial charge in [0.05, 0.1) is 0 Å². The largest absolute Gasteiger partial charge is 0.573 e. The van der Waals surface area contributed by atoms with Crippen LogP contribution < -0.4 is 4.74 Å². The minimum absolute atomic E-state index is 0.0308. The second-order valence-electron chi connectivity index (χ2n) is 4.16. The molecule has 0 saturated carbocycles. The van der Waals surface area contributed by atoms with E-state index in [0.717, 1.165) is 6.07 Å². The number of phenolic OH excluding ortho intramolecular Hbond substituents is 1. The molecule has 1 aromatic rings. The van der Waals surface area contributed by atoms with Crippen LogP contribution in [0.1, 0.15) is 24.3 Å². The third-order valence-corrected chi connectivity index (χ3v) is 2.88. The summed E-state index contributed by atoms with van der Waals surface area (Å²) >= 11 is 0. The van der Waals surface area contributed by atoms with Crippen molar-refractivity contribution in [2.24, 2.45) is 0 Å². The van der Waals surface area contributed by atoms with Crippen molar-refractivity contribution in [2.75, 3.05) is 13.2 Å². The van der Waals surface area contributed by atoms with Crippen LogP contribution in [0.5, 0.6) is 11.5 Å². The number of halogens is 3. The molecular formula is C12H13F3O3. The number of benzene rings is 1. The highest BCUT2D eigenvalue weighted by Crippen LogP contribution is 2.37. The standard InChI is InChI=1S/C12H13F3O3/c13-12(14,15)18-11-7-9(16)1-2-10(11)8-3-5-17-6-4-8/h1-2,7-8,16H,3-6H2. The monoisotopic (exact) mass is 262 g/mol. The molecule has 1 aliphatic heterocycles. The molecule has 1 heterocycles. The van der Waals surface area contributed by atoms with Gasteiger partial charge in [0.15, 0.2) is 0 Å². The van der Waals surface area contributed by atoms with Gasteiger partial charge in [0.1, 0.15) is 11.5 Å². The Morgan fingerprint density at radius 1 is 1.22 bits per heavy atom. The van der Waals surface area contributed by atoms with Crippen LogP contribution in [0.15, 0.2) is 18.2 Å². The number of phenols is 1. The van der Waals surface area contributed by atoms with Gasteiger partial charge in [-0.15, -0.1) is 13.2 Å². The molecule has 0 radical (unpaired) electrons. The molecule has 100 valence electrons. The Bertz CT molecular complexity index is 412. The number of ether oxygens (including phenoxy) is 2. The van der Waals surface area contributed by atoms with E-state index < -0.39 is 6.36 Å². The molecule has 1 N–H and O–H groups in total. The van der Waals surface area contributed by atoms with Crippen LogP contribution in [0, 0.1) is 0 Å². The first-order chi connectivity index (χ1) is 8.46. The van der Waals surface area contributed by atoms with Gasteiger partial charge in [0.25, 0.3) is 0 Å². The highest BCUT2D eigenvalue weighted by Gasteiger charge is 2.33. The third-order valence-electron chi connectivity index (χ3n) is 2.88. The number of hydrogen-bond acceptors (Lipinski definition) is 3. The average Bonchev–Trinajstić information content (AvgIpc) is 2.28. The first-order valence-electron chi connectivity index (χ1n) is 5.62. The zero-order valence-corrected chi connectivity index (χ0v) is 9.54. The lowest BCUT2D eigenvalue weighted by molar-refractivity contribution is -0.275. The van der Waals surface area contributed by atoms with Gasteiger partial charge in [0.2, 0.25) is 0 Å². The Balaban J connectivity index is 2.27. The second kappa shape index (κ2) is 5.06. The lowest BCUT2D eigenvalue weighted by Crippen LogP contribution is -2.20. The van der Waals surface area contributed by atoms with Crippen molar-refractivity contribution in [1.29, 1.82) is 0 Å². The minimum Gasteiger partial charge on any atom is -0.508 e. The highest BCUT2D eigenvalue weighted by atomic mass is 19.4. The summed E-state index contributed by atoms with van der Waals surface area (Å²) in [4.78, 5) is 0. The van der Waals surface area contributed by atoms with Gasteiger partial charge in [-0.1, -0.05) is 6.07 Å². The van der Waals surface area contributed by atoms with E-state index in [1.807, 2.05) is 0 Å². The van der Waals surface area contributed by atoms with E-state index in [1.165, 1.54) is 12.1 Å². The van der Waals surface area contributed by atoms with E-state index in [-0.39, 0.29) is 17.4 Å². The van der Waals surface area contributed by atoms with E-state index in [1.54, 1.807) is 0 Å². The van der Waals surface area contributed by atoms with Crippen molar-refractivity contribution >= 4 is 0 Å². The maximum atomic E-state index is 12.3. The average molecular weight is 262 g/mol. The molecule has 1 fully saturated rings. The normalized spacial score (nSPS) is 17.7. The number of aromatic hydroxyl groups is 1. The fraction of sp³-hybridized carbons (Fsp3) is 0.500. The van der Waals surface area contributed by atoms with Crippen molar-refractivity contribution in [3.8, 4) is 11.5 Å². The molecular weight excluding hydrogens is 249 g/mol. The molecule has 0 aromatic heterocycles. The van der Waals surface area contributed by atoms with Crippen molar-refractivity contribution < 1.29 is 27.8 Å². The van der Waals surface area contributed by atoms with Crippen molar-refractivity contribution in [3.63, 3.8) is 0 Å². The molecule has 3 nitrogen and oxygen atoms in total. The molecule has 6 heteroatoms. The van der Waals surface area contributed by atoms with Crippen LogP contribution >= 0.6 is 0 Å². The maximum Gasteiger partial charge on any atom is 0.573 e. The summed E-state index contributed by atoms with van der Waals surface area (Å²) in [7, 11) is 0. The van der Waals surface area contributed by atoms with Crippen LogP contribution in [-0.2, 0) is 4.74 Å². The van der Waals surface area contributed by atoms with E-state index >= 15 is 0 Å². The van der Waals surface area contributed by atoms with E-state index in [4.69, 9.17) is 4.74 Å². The van der Waals surface area contributed by atoms with Crippen LogP contribution in [-0.4, -0.2) is 24.7 Å². The Labute approximate surface area is 102 Å². The van der Waals surface area contributed by atoms with Gasteiger partial charge in [0, 0.05) is 19.3 Å². The summed E-state index contributed by atoms with van der Waals surface area (Å²) in [6, 6.07) is 3.85. The van der Waals surface area contributed by atoms with Crippen molar-refractivity contribution in [1.82, 2.24) is 0 Å². The van der Waals surface area contributed by atoms with Crippen molar-refractivity contribution in [3.05, 3.63) is 23.8 Å². The zero-order chi connectivity index (χ0) is 13.2. The lowest BCUT2D eigenvalue weighted by Gasteiger charge is -2.24. The summed E-state index contributed by atoms with van der Waals surface area (Å²) in [6.45, 7) is 1.05. The fourth-order valence-corrected chi connectivity index (χ4v) is 2.08. The number of rotatable bonds is 2. The van der Waals surface area contributed by atoms with E-state index in [9.17, 15) is 18.3 Å². The SMILES string of the molecule is Oc1ccc(C2CCOCC2)c(OC(F)(F)F)c1. The van der Waals surface area contributed by atoms with Crippen LogP contribution in [0.2, 0.25) is 0 Å². The van der Waals surface area contributed by atoms with E-state index in [2.05, 4.69) is 4.74 Å². The number of hydrogen-bond donors (Lipinski definition) is 1. The number of alkyl halides is 3. The molecule has 1 saturated heterocycles. The zero-order valence-electron chi connectivity index (χ0n) is 9.54. The molecule has 0 unspecified atom stereocenters. The van der Waals surface area contributed by atoms with Gasteiger partial charge in [-0.25, -0.2) is 0 Å². The minimum atomic E-state index is -4.76. The van der Waals surface area contributed by atoms with Gasteiger partial charge >= 0.3 is 6.36 Å². The Hall–Kier alpha value is -1.43. The second-order valence-corrected chi connectivity index (χ2v) is 4.16. The maximum absolute atomic E-state index is 12.3. The van der Waals surface area contributed by atoms with Gasteiger partial charge in [-0.05, 0) is 30.4 Å². The predicted octanol–water partition coefficient (Wildman–Crippen LogP) is 3.18. The molecule has 0 spiro atoms. The van der Waals surface area contributed by atoms with Crippen LogP contribution in [0.25, 0.3) is 0 Å². The smallest absolute Gasteiger partial charge is 0.508 e. The molecule has 1 aliphatic rings. The highest BCUT2D eigenvalue weighted by molar-refractivity contribution is 5.42. The molecule has 1 aromatic carbocycles. The molecule has 0 amide bonds. The Morgan fingerprint density at radius 2 is 1.89 bits per heavy atom. The topological polar surface area (TPSA) is 38.7 Å². The quantitative estimate of drug-likeness (QED) is 0.889. The van der Waals surface area contributed by atoms with Gasteiger partial charge < -0.3 is 14.6 Å². The summed E-state index contributed by atoms with van der Waals surface area (Å²) < 4.78 is 46.0.